The molecule has 0 aliphatic carbocycles. The van der Waals surface area contributed by atoms with Crippen LogP contribution >= 0.6 is 0 Å². The minimum Gasteiger partial charge on any atom is -0.339 e. The molecule has 7 nitrogen and oxygen atoms in total. The SMILES string of the molecule is C=CC(=O)Nc1ccc(Nc2nc(Nc3ccccc3)ncc2C#N)cc1. The van der Waals surface area contributed by atoms with Crippen molar-refractivity contribution < 1.29 is 4.79 Å². The van der Waals surface area contributed by atoms with Crippen LogP contribution < -0.4 is 16.0 Å². The lowest BCUT2D eigenvalue weighted by Crippen LogP contribution is -2.07. The van der Waals surface area contributed by atoms with Crippen molar-refractivity contribution in [2.45, 2.75) is 0 Å². The molecule has 132 valence electrons. The molecule has 0 aliphatic rings. The Labute approximate surface area is 156 Å². The summed E-state index contributed by atoms with van der Waals surface area (Å²) >= 11 is 0. The third kappa shape index (κ3) is 4.67. The Balaban J connectivity index is 1.79. The van der Waals surface area contributed by atoms with Gasteiger partial charge in [0.2, 0.25) is 11.9 Å². The van der Waals surface area contributed by atoms with Gasteiger partial charge in [-0.15, -0.1) is 0 Å². The van der Waals surface area contributed by atoms with Crippen LogP contribution in [0.4, 0.5) is 28.8 Å². The lowest BCUT2D eigenvalue weighted by Gasteiger charge is -2.10. The van der Waals surface area contributed by atoms with Crippen molar-refractivity contribution >= 4 is 34.7 Å². The molecule has 0 spiro atoms. The predicted molar refractivity (Wildman–Crippen MR) is 105 cm³/mol. The predicted octanol–water partition coefficient (Wildman–Crippen LogP) is 3.96. The molecule has 1 heterocycles. The molecular formula is C20H16N6O. The number of nitriles is 1. The van der Waals surface area contributed by atoms with Gasteiger partial charge in [-0.3, -0.25) is 4.79 Å². The summed E-state index contributed by atoms with van der Waals surface area (Å²) < 4.78 is 0. The van der Waals surface area contributed by atoms with E-state index >= 15 is 0 Å². The third-order valence-electron chi connectivity index (χ3n) is 3.54. The zero-order chi connectivity index (χ0) is 19.1. The topological polar surface area (TPSA) is 103 Å². The van der Waals surface area contributed by atoms with Crippen LogP contribution in [0.25, 0.3) is 0 Å². The monoisotopic (exact) mass is 356 g/mol. The molecule has 0 atom stereocenters. The standard InChI is InChI=1S/C20H16N6O/c1-2-18(27)23-16-8-10-17(11-9-16)24-19-14(12-21)13-22-20(26-19)25-15-6-4-3-5-7-15/h2-11,13H,1H2,(H,23,27)(H2,22,24,25,26). The molecule has 3 aromatic rings. The van der Waals surface area contributed by atoms with Gasteiger partial charge in [-0.2, -0.15) is 10.2 Å². The Morgan fingerprint density at radius 3 is 2.33 bits per heavy atom. The van der Waals surface area contributed by atoms with E-state index in [1.54, 1.807) is 24.3 Å². The lowest BCUT2D eigenvalue weighted by molar-refractivity contribution is -0.111. The number of aromatic nitrogens is 2. The molecule has 0 saturated heterocycles. The normalized spacial score (nSPS) is 9.74. The van der Waals surface area contributed by atoms with Crippen LogP contribution in [0, 0.1) is 11.3 Å². The zero-order valence-electron chi connectivity index (χ0n) is 14.3. The van der Waals surface area contributed by atoms with Crippen molar-refractivity contribution in [3.8, 4) is 6.07 Å². The van der Waals surface area contributed by atoms with E-state index in [0.717, 1.165) is 5.69 Å². The smallest absolute Gasteiger partial charge is 0.247 e. The number of carbonyl (C=O) groups excluding carboxylic acids is 1. The Morgan fingerprint density at radius 1 is 1.00 bits per heavy atom. The molecule has 1 aromatic heterocycles. The molecule has 0 radical (unpaired) electrons. The summed E-state index contributed by atoms with van der Waals surface area (Å²) in [4.78, 5) is 19.9. The van der Waals surface area contributed by atoms with Gasteiger partial charge in [0.1, 0.15) is 11.6 Å². The van der Waals surface area contributed by atoms with Crippen LogP contribution in [-0.2, 0) is 4.79 Å². The minimum atomic E-state index is -0.282. The molecule has 3 N–H and O–H groups in total. The number of nitrogens with zero attached hydrogens (tertiary/aromatic N) is 3. The fourth-order valence-corrected chi connectivity index (χ4v) is 2.24. The molecule has 0 bridgehead atoms. The summed E-state index contributed by atoms with van der Waals surface area (Å²) in [6.07, 6.45) is 2.66. The maximum absolute atomic E-state index is 11.3. The van der Waals surface area contributed by atoms with E-state index in [4.69, 9.17) is 0 Å². The van der Waals surface area contributed by atoms with Crippen LogP contribution in [0.3, 0.4) is 0 Å². The molecule has 2 aromatic carbocycles. The van der Waals surface area contributed by atoms with Gasteiger partial charge < -0.3 is 16.0 Å². The van der Waals surface area contributed by atoms with E-state index in [1.165, 1.54) is 12.3 Å². The zero-order valence-corrected chi connectivity index (χ0v) is 14.3. The fraction of sp³-hybridized carbons (Fsp3) is 0. The third-order valence-corrected chi connectivity index (χ3v) is 3.54. The van der Waals surface area contributed by atoms with Gasteiger partial charge in [-0.25, -0.2) is 4.98 Å². The van der Waals surface area contributed by atoms with Gasteiger partial charge in [-0.1, -0.05) is 24.8 Å². The van der Waals surface area contributed by atoms with Crippen LogP contribution in [0.2, 0.25) is 0 Å². The summed E-state index contributed by atoms with van der Waals surface area (Å²) in [5, 5.41) is 18.2. The highest BCUT2D eigenvalue weighted by molar-refractivity contribution is 5.98. The second-order valence-electron chi connectivity index (χ2n) is 5.45. The highest BCUT2D eigenvalue weighted by atomic mass is 16.1. The van der Waals surface area contributed by atoms with Gasteiger partial charge in [0, 0.05) is 17.1 Å². The van der Waals surface area contributed by atoms with Crippen molar-refractivity contribution in [3.05, 3.63) is 79.0 Å². The molecular weight excluding hydrogens is 340 g/mol. The van der Waals surface area contributed by atoms with Crippen molar-refractivity contribution in [3.63, 3.8) is 0 Å². The molecule has 1 amide bonds. The van der Waals surface area contributed by atoms with Crippen LogP contribution in [0.1, 0.15) is 5.56 Å². The van der Waals surface area contributed by atoms with Crippen molar-refractivity contribution in [1.29, 1.82) is 5.26 Å². The maximum Gasteiger partial charge on any atom is 0.247 e. The second-order valence-corrected chi connectivity index (χ2v) is 5.45. The molecule has 0 aliphatic heterocycles. The van der Waals surface area contributed by atoms with Gasteiger partial charge >= 0.3 is 0 Å². The van der Waals surface area contributed by atoms with Crippen LogP contribution in [0.15, 0.2) is 73.4 Å². The first-order valence-corrected chi connectivity index (χ1v) is 8.07. The van der Waals surface area contributed by atoms with Gasteiger partial charge in [0.25, 0.3) is 0 Å². The van der Waals surface area contributed by atoms with Crippen molar-refractivity contribution in [2.24, 2.45) is 0 Å². The number of anilines is 5. The first-order valence-electron chi connectivity index (χ1n) is 8.07. The second kappa shape index (κ2) is 8.27. The minimum absolute atomic E-state index is 0.282. The van der Waals surface area contributed by atoms with E-state index in [2.05, 4.69) is 38.6 Å². The molecule has 3 rings (SSSR count). The first kappa shape index (κ1) is 17.6. The van der Waals surface area contributed by atoms with E-state index in [9.17, 15) is 10.1 Å². The molecule has 0 unspecified atom stereocenters. The number of carbonyl (C=O) groups is 1. The van der Waals surface area contributed by atoms with Gasteiger partial charge in [-0.05, 0) is 42.5 Å². The highest BCUT2D eigenvalue weighted by Crippen LogP contribution is 2.22. The summed E-state index contributed by atoms with van der Waals surface area (Å²) in [7, 11) is 0. The summed E-state index contributed by atoms with van der Waals surface area (Å²) in [6, 6.07) is 18.6. The number of rotatable bonds is 6. The summed E-state index contributed by atoms with van der Waals surface area (Å²) in [5.41, 5.74) is 2.51. The molecule has 7 heteroatoms. The Morgan fingerprint density at radius 2 is 1.67 bits per heavy atom. The average Bonchev–Trinajstić information content (AvgIpc) is 2.70. The van der Waals surface area contributed by atoms with Crippen molar-refractivity contribution in [1.82, 2.24) is 9.97 Å². The number of para-hydroxylation sites is 1. The highest BCUT2D eigenvalue weighted by Gasteiger charge is 2.08. The van der Waals surface area contributed by atoms with Crippen molar-refractivity contribution in [2.75, 3.05) is 16.0 Å². The molecule has 27 heavy (non-hydrogen) atoms. The number of benzene rings is 2. The molecule has 0 fully saturated rings. The van der Waals surface area contributed by atoms with Gasteiger partial charge in [0.05, 0.1) is 6.20 Å². The fourth-order valence-electron chi connectivity index (χ4n) is 2.24. The Kier molecular flexibility index (Phi) is 5.40. The summed E-state index contributed by atoms with van der Waals surface area (Å²) in [6.45, 7) is 3.41. The quantitative estimate of drug-likeness (QED) is 0.578. The van der Waals surface area contributed by atoms with Gasteiger partial charge in [0.15, 0.2) is 5.82 Å². The maximum atomic E-state index is 11.3. The number of hydrogen-bond donors (Lipinski definition) is 3. The van der Waals surface area contributed by atoms with E-state index in [-0.39, 0.29) is 5.91 Å². The summed E-state index contributed by atoms with van der Waals surface area (Å²) in [5.74, 6) is 0.473. The average molecular weight is 356 g/mol. The van der Waals surface area contributed by atoms with Crippen LogP contribution in [0.5, 0.6) is 0 Å². The Bertz CT molecular complexity index is 993. The van der Waals surface area contributed by atoms with E-state index in [1.807, 2.05) is 30.3 Å². The van der Waals surface area contributed by atoms with Crippen LogP contribution in [-0.4, -0.2) is 15.9 Å². The van der Waals surface area contributed by atoms with E-state index in [0.29, 0.717) is 28.7 Å². The lowest BCUT2D eigenvalue weighted by atomic mass is 10.2. The number of hydrogen-bond acceptors (Lipinski definition) is 6. The Hall–Kier alpha value is -4.18. The molecule has 0 saturated carbocycles. The first-order chi connectivity index (χ1) is 13.2. The van der Waals surface area contributed by atoms with E-state index < -0.39 is 0 Å². The largest absolute Gasteiger partial charge is 0.339 e. The number of nitrogens with one attached hydrogen (secondary N) is 3. The number of amides is 1.